The SMILES string of the molecule is C/C1=C\CC(C)(C)C(C#N)C2C(CC1)C2(C)C(=O)O. The number of allylic oxidation sites excluding steroid dienone is 2. The maximum Gasteiger partial charge on any atom is 0.309 e. The van der Waals surface area contributed by atoms with E-state index in [-0.39, 0.29) is 23.2 Å². The minimum atomic E-state index is -0.735. The number of carboxylic acids is 1. The quantitative estimate of drug-likeness (QED) is 0.733. The molecule has 0 amide bonds. The van der Waals surface area contributed by atoms with Crippen molar-refractivity contribution in [2.45, 2.75) is 47.0 Å². The summed E-state index contributed by atoms with van der Waals surface area (Å²) in [5.74, 6) is -0.763. The Labute approximate surface area is 115 Å². The van der Waals surface area contributed by atoms with Crippen LogP contribution < -0.4 is 0 Å². The van der Waals surface area contributed by atoms with Gasteiger partial charge in [0.05, 0.1) is 17.4 Å². The van der Waals surface area contributed by atoms with E-state index < -0.39 is 11.4 Å². The molecule has 104 valence electrons. The molecule has 0 radical (unpaired) electrons. The Morgan fingerprint density at radius 1 is 1.47 bits per heavy atom. The molecule has 0 aromatic rings. The predicted octanol–water partition coefficient (Wildman–Crippen LogP) is 3.62. The van der Waals surface area contributed by atoms with E-state index in [1.165, 1.54) is 5.57 Å². The van der Waals surface area contributed by atoms with E-state index in [0.29, 0.717) is 0 Å². The largest absolute Gasteiger partial charge is 0.481 e. The number of nitriles is 1. The Morgan fingerprint density at radius 3 is 2.63 bits per heavy atom. The fourth-order valence-electron chi connectivity index (χ4n) is 3.79. The van der Waals surface area contributed by atoms with Crippen molar-refractivity contribution in [3.63, 3.8) is 0 Å². The van der Waals surface area contributed by atoms with Crippen LogP contribution in [0.4, 0.5) is 0 Å². The summed E-state index contributed by atoms with van der Waals surface area (Å²) in [6.07, 6.45) is 4.94. The van der Waals surface area contributed by atoms with Gasteiger partial charge in [-0.1, -0.05) is 25.5 Å². The van der Waals surface area contributed by atoms with Gasteiger partial charge in [0.25, 0.3) is 0 Å². The van der Waals surface area contributed by atoms with Crippen molar-refractivity contribution in [3.05, 3.63) is 11.6 Å². The molecule has 4 unspecified atom stereocenters. The maximum atomic E-state index is 11.6. The molecule has 4 atom stereocenters. The minimum absolute atomic E-state index is 0.00398. The van der Waals surface area contributed by atoms with Gasteiger partial charge in [-0.15, -0.1) is 0 Å². The van der Waals surface area contributed by atoms with Crippen molar-refractivity contribution in [1.82, 2.24) is 0 Å². The van der Waals surface area contributed by atoms with Crippen LogP contribution in [-0.2, 0) is 4.79 Å². The Balaban J connectivity index is 2.40. The molecule has 3 nitrogen and oxygen atoms in total. The van der Waals surface area contributed by atoms with Gasteiger partial charge < -0.3 is 5.11 Å². The zero-order valence-electron chi connectivity index (χ0n) is 12.2. The lowest BCUT2D eigenvalue weighted by atomic mass is 9.72. The number of hydrogen-bond acceptors (Lipinski definition) is 2. The van der Waals surface area contributed by atoms with E-state index in [1.54, 1.807) is 0 Å². The van der Waals surface area contributed by atoms with Gasteiger partial charge in [-0.05, 0) is 50.4 Å². The lowest BCUT2D eigenvalue weighted by Crippen LogP contribution is -2.28. The normalized spacial score (nSPS) is 43.5. The average molecular weight is 261 g/mol. The van der Waals surface area contributed by atoms with E-state index in [4.69, 9.17) is 0 Å². The summed E-state index contributed by atoms with van der Waals surface area (Å²) in [4.78, 5) is 11.6. The second-order valence-electron chi connectivity index (χ2n) is 7.11. The van der Waals surface area contributed by atoms with Gasteiger partial charge in [0.2, 0.25) is 0 Å². The van der Waals surface area contributed by atoms with E-state index in [1.807, 2.05) is 6.92 Å². The van der Waals surface area contributed by atoms with Crippen molar-refractivity contribution < 1.29 is 9.90 Å². The first-order chi connectivity index (χ1) is 8.75. The number of carbonyl (C=O) groups is 1. The number of rotatable bonds is 1. The molecule has 2 aliphatic carbocycles. The highest BCUT2D eigenvalue weighted by molar-refractivity contribution is 5.79. The van der Waals surface area contributed by atoms with Crippen molar-refractivity contribution in [2.24, 2.45) is 28.6 Å². The lowest BCUT2D eigenvalue weighted by Gasteiger charge is -2.30. The monoisotopic (exact) mass is 261 g/mol. The Hall–Kier alpha value is -1.30. The first kappa shape index (κ1) is 14.1. The summed E-state index contributed by atoms with van der Waals surface area (Å²) < 4.78 is 0. The van der Waals surface area contributed by atoms with Crippen LogP contribution in [0.2, 0.25) is 0 Å². The van der Waals surface area contributed by atoms with E-state index >= 15 is 0 Å². The van der Waals surface area contributed by atoms with Crippen molar-refractivity contribution in [2.75, 3.05) is 0 Å². The fourth-order valence-corrected chi connectivity index (χ4v) is 3.79. The van der Waals surface area contributed by atoms with Gasteiger partial charge in [0, 0.05) is 0 Å². The molecular formula is C16H23NO2. The van der Waals surface area contributed by atoms with Gasteiger partial charge >= 0.3 is 5.97 Å². The Kier molecular flexibility index (Phi) is 3.24. The van der Waals surface area contributed by atoms with Crippen LogP contribution in [0.15, 0.2) is 11.6 Å². The summed E-state index contributed by atoms with van der Waals surface area (Å²) in [5, 5.41) is 19.1. The van der Waals surface area contributed by atoms with Crippen molar-refractivity contribution in [3.8, 4) is 6.07 Å². The first-order valence-electron chi connectivity index (χ1n) is 7.03. The maximum absolute atomic E-state index is 11.6. The topological polar surface area (TPSA) is 61.1 Å². The third-order valence-electron chi connectivity index (χ3n) is 5.41. The molecule has 0 bridgehead atoms. The van der Waals surface area contributed by atoms with Crippen LogP contribution in [0.25, 0.3) is 0 Å². The van der Waals surface area contributed by atoms with E-state index in [0.717, 1.165) is 19.3 Å². The molecule has 0 aliphatic heterocycles. The highest BCUT2D eigenvalue weighted by Gasteiger charge is 2.70. The lowest BCUT2D eigenvalue weighted by molar-refractivity contribution is -0.144. The number of nitrogens with zero attached hydrogens (tertiary/aromatic N) is 1. The van der Waals surface area contributed by atoms with Crippen molar-refractivity contribution in [1.29, 1.82) is 5.26 Å². The third-order valence-corrected chi connectivity index (χ3v) is 5.41. The molecule has 0 spiro atoms. The van der Waals surface area contributed by atoms with Crippen molar-refractivity contribution >= 4 is 5.97 Å². The third kappa shape index (κ3) is 2.08. The summed E-state index contributed by atoms with van der Waals surface area (Å²) in [6, 6.07) is 2.41. The smallest absolute Gasteiger partial charge is 0.309 e. The molecule has 1 N–H and O–H groups in total. The van der Waals surface area contributed by atoms with E-state index in [9.17, 15) is 15.2 Å². The van der Waals surface area contributed by atoms with Gasteiger partial charge in [-0.25, -0.2) is 0 Å². The van der Waals surface area contributed by atoms with Crippen LogP contribution in [0, 0.1) is 39.9 Å². The highest BCUT2D eigenvalue weighted by Crippen LogP contribution is 2.67. The zero-order valence-corrected chi connectivity index (χ0v) is 12.2. The van der Waals surface area contributed by atoms with Gasteiger partial charge in [-0.3, -0.25) is 4.79 Å². The molecule has 1 fully saturated rings. The molecule has 19 heavy (non-hydrogen) atoms. The Morgan fingerprint density at radius 2 is 2.11 bits per heavy atom. The first-order valence-corrected chi connectivity index (χ1v) is 7.03. The summed E-state index contributed by atoms with van der Waals surface area (Å²) in [5.41, 5.74) is 0.469. The zero-order chi connectivity index (χ0) is 14.4. The number of hydrogen-bond donors (Lipinski definition) is 1. The van der Waals surface area contributed by atoms with Gasteiger partial charge in [-0.2, -0.15) is 5.26 Å². The van der Waals surface area contributed by atoms with E-state index in [2.05, 4.69) is 32.9 Å². The fraction of sp³-hybridized carbons (Fsp3) is 0.750. The van der Waals surface area contributed by atoms with Crippen LogP contribution in [0.5, 0.6) is 0 Å². The molecule has 3 heteroatoms. The minimum Gasteiger partial charge on any atom is -0.481 e. The standard InChI is InChI=1S/C16H23NO2/c1-10-5-6-11-13(16(11,4)14(18)19)12(9-17)15(2,3)8-7-10/h7,11-13H,5-6,8H2,1-4H3,(H,18,19)/b10-7+. The molecule has 0 aromatic heterocycles. The molecule has 1 saturated carbocycles. The number of aliphatic carboxylic acids is 1. The highest BCUT2D eigenvalue weighted by atomic mass is 16.4. The molecule has 0 aromatic carbocycles. The van der Waals surface area contributed by atoms with Crippen LogP contribution in [0.3, 0.4) is 0 Å². The van der Waals surface area contributed by atoms with Crippen LogP contribution >= 0.6 is 0 Å². The van der Waals surface area contributed by atoms with Crippen LogP contribution in [-0.4, -0.2) is 11.1 Å². The molecule has 2 rings (SSSR count). The van der Waals surface area contributed by atoms with Gasteiger partial charge in [0.1, 0.15) is 0 Å². The summed E-state index contributed by atoms with van der Waals surface area (Å²) >= 11 is 0. The summed E-state index contributed by atoms with van der Waals surface area (Å²) in [6.45, 7) is 8.12. The van der Waals surface area contributed by atoms with Crippen LogP contribution in [0.1, 0.15) is 47.0 Å². The predicted molar refractivity (Wildman–Crippen MR) is 73.2 cm³/mol. The van der Waals surface area contributed by atoms with Gasteiger partial charge in [0.15, 0.2) is 0 Å². The second kappa shape index (κ2) is 4.37. The molecule has 0 heterocycles. The Bertz CT molecular complexity index is 472. The summed E-state index contributed by atoms with van der Waals surface area (Å²) in [7, 11) is 0. The number of fused-ring (bicyclic) bond motifs is 1. The average Bonchev–Trinajstić information content (AvgIpc) is 2.90. The molecular weight excluding hydrogens is 238 g/mol. The number of carboxylic acid groups (broad SMARTS) is 1. The molecule has 0 saturated heterocycles. The molecule has 2 aliphatic rings. The second-order valence-corrected chi connectivity index (χ2v) is 7.11.